The minimum Gasteiger partial charge on any atom is -0.460 e. The lowest BCUT2D eigenvalue weighted by atomic mass is 9.75. The summed E-state index contributed by atoms with van der Waals surface area (Å²) in [4.78, 5) is 11.9. The van der Waals surface area contributed by atoms with Crippen molar-refractivity contribution in [1.82, 2.24) is 0 Å². The highest BCUT2D eigenvalue weighted by atomic mass is 16.6. The molecule has 106 valence electrons. The summed E-state index contributed by atoms with van der Waals surface area (Å²) < 4.78 is 5.39. The van der Waals surface area contributed by atoms with Crippen LogP contribution in [0.1, 0.15) is 66.2 Å². The van der Waals surface area contributed by atoms with Gasteiger partial charge in [-0.25, -0.2) is 0 Å². The van der Waals surface area contributed by atoms with Gasteiger partial charge in [-0.2, -0.15) is 0 Å². The van der Waals surface area contributed by atoms with E-state index < -0.39 is 5.60 Å². The quantitative estimate of drug-likeness (QED) is 0.784. The number of carbonyl (C=O) groups excluding carboxylic acids is 1. The molecule has 0 spiro atoms. The maximum atomic E-state index is 11.9. The number of hydrogen-bond acceptors (Lipinski definition) is 3. The average Bonchev–Trinajstić information content (AvgIpc) is 2.20. The molecule has 0 aliphatic heterocycles. The summed E-state index contributed by atoms with van der Waals surface area (Å²) >= 11 is 0. The van der Waals surface area contributed by atoms with Crippen molar-refractivity contribution in [3.8, 4) is 0 Å². The molecule has 0 aromatic rings. The zero-order valence-electron chi connectivity index (χ0n) is 12.4. The Hall–Kier alpha value is -0.570. The Morgan fingerprint density at radius 1 is 1.33 bits per heavy atom. The molecule has 0 saturated heterocycles. The summed E-state index contributed by atoms with van der Waals surface area (Å²) in [7, 11) is 0. The third-order valence-corrected chi connectivity index (χ3v) is 3.70. The number of nitrogens with two attached hydrogens (primary N) is 1. The summed E-state index contributed by atoms with van der Waals surface area (Å²) in [5.41, 5.74) is 5.75. The second kappa shape index (κ2) is 6.55. The van der Waals surface area contributed by atoms with Gasteiger partial charge in [-0.1, -0.05) is 19.8 Å². The summed E-state index contributed by atoms with van der Waals surface area (Å²) in [5, 5.41) is 0. The lowest BCUT2D eigenvalue weighted by Gasteiger charge is -2.34. The van der Waals surface area contributed by atoms with Gasteiger partial charge in [0.25, 0.3) is 0 Å². The molecule has 2 N–H and O–H groups in total. The normalized spacial score (nSPS) is 29.1. The van der Waals surface area contributed by atoms with Crippen molar-refractivity contribution < 1.29 is 9.53 Å². The molecule has 0 amide bonds. The second-order valence-corrected chi connectivity index (χ2v) is 6.68. The van der Waals surface area contributed by atoms with E-state index in [1.54, 1.807) is 0 Å². The predicted molar refractivity (Wildman–Crippen MR) is 74.2 cm³/mol. The Balaban J connectivity index is 2.45. The lowest BCUT2D eigenvalue weighted by Crippen LogP contribution is -2.38. The van der Waals surface area contributed by atoms with Crippen LogP contribution in [0.15, 0.2) is 0 Å². The molecule has 3 heteroatoms. The van der Waals surface area contributed by atoms with Gasteiger partial charge >= 0.3 is 5.97 Å². The zero-order chi connectivity index (χ0) is 13.8. The van der Waals surface area contributed by atoms with Crippen LogP contribution >= 0.6 is 0 Å². The molecule has 0 heterocycles. The van der Waals surface area contributed by atoms with Gasteiger partial charge in [0.1, 0.15) is 5.60 Å². The van der Waals surface area contributed by atoms with Crippen LogP contribution in [0.5, 0.6) is 0 Å². The SMILES string of the molecule is CCCC1CCC(N)C(CC(=O)OC(C)(C)C)C1. The smallest absolute Gasteiger partial charge is 0.306 e. The van der Waals surface area contributed by atoms with E-state index in [2.05, 4.69) is 6.92 Å². The minimum absolute atomic E-state index is 0.0971. The second-order valence-electron chi connectivity index (χ2n) is 6.68. The maximum absolute atomic E-state index is 11.9. The van der Waals surface area contributed by atoms with Crippen LogP contribution in [-0.2, 0) is 9.53 Å². The average molecular weight is 255 g/mol. The van der Waals surface area contributed by atoms with Crippen LogP contribution in [-0.4, -0.2) is 17.6 Å². The molecule has 1 aliphatic rings. The van der Waals surface area contributed by atoms with E-state index in [9.17, 15) is 4.79 Å². The van der Waals surface area contributed by atoms with Crippen molar-refractivity contribution in [3.05, 3.63) is 0 Å². The van der Waals surface area contributed by atoms with Gasteiger partial charge in [0, 0.05) is 12.5 Å². The van der Waals surface area contributed by atoms with Crippen LogP contribution in [0.25, 0.3) is 0 Å². The Labute approximate surface area is 111 Å². The van der Waals surface area contributed by atoms with Crippen LogP contribution in [0.2, 0.25) is 0 Å². The molecular weight excluding hydrogens is 226 g/mol. The van der Waals surface area contributed by atoms with Gasteiger partial charge in [-0.05, 0) is 51.9 Å². The van der Waals surface area contributed by atoms with Gasteiger partial charge in [-0.15, -0.1) is 0 Å². The van der Waals surface area contributed by atoms with Crippen LogP contribution in [0, 0.1) is 11.8 Å². The van der Waals surface area contributed by atoms with Crippen molar-refractivity contribution in [2.45, 2.75) is 77.9 Å². The fraction of sp³-hybridized carbons (Fsp3) is 0.933. The molecule has 0 radical (unpaired) electrons. The number of hydrogen-bond donors (Lipinski definition) is 1. The van der Waals surface area contributed by atoms with Crippen LogP contribution in [0.4, 0.5) is 0 Å². The Kier molecular flexibility index (Phi) is 5.64. The molecule has 0 bridgehead atoms. The predicted octanol–water partition coefficient (Wildman–Crippen LogP) is 3.26. The van der Waals surface area contributed by atoms with E-state index in [1.807, 2.05) is 20.8 Å². The fourth-order valence-electron chi connectivity index (χ4n) is 2.89. The first-order chi connectivity index (χ1) is 8.31. The first kappa shape index (κ1) is 15.5. The highest BCUT2D eigenvalue weighted by molar-refractivity contribution is 5.70. The Morgan fingerprint density at radius 3 is 2.56 bits per heavy atom. The van der Waals surface area contributed by atoms with Crippen molar-refractivity contribution in [2.75, 3.05) is 0 Å². The molecule has 18 heavy (non-hydrogen) atoms. The molecular formula is C15H29NO2. The molecule has 0 aromatic carbocycles. The summed E-state index contributed by atoms with van der Waals surface area (Å²) in [5.74, 6) is 0.965. The first-order valence-corrected chi connectivity index (χ1v) is 7.29. The summed E-state index contributed by atoms with van der Waals surface area (Å²) in [6.45, 7) is 7.94. The third-order valence-electron chi connectivity index (χ3n) is 3.70. The van der Waals surface area contributed by atoms with Gasteiger partial charge in [-0.3, -0.25) is 4.79 Å². The Bertz CT molecular complexity index is 270. The number of rotatable bonds is 4. The molecule has 1 aliphatic carbocycles. The van der Waals surface area contributed by atoms with Crippen molar-refractivity contribution >= 4 is 5.97 Å². The maximum Gasteiger partial charge on any atom is 0.306 e. The Morgan fingerprint density at radius 2 is 2.00 bits per heavy atom. The van der Waals surface area contributed by atoms with E-state index in [0.717, 1.165) is 18.8 Å². The largest absolute Gasteiger partial charge is 0.460 e. The standard InChI is InChI=1S/C15H29NO2/c1-5-6-11-7-8-13(16)12(9-11)10-14(17)18-15(2,3)4/h11-13H,5-10,16H2,1-4H3. The fourth-order valence-corrected chi connectivity index (χ4v) is 2.89. The summed E-state index contributed by atoms with van der Waals surface area (Å²) in [6, 6.07) is 0.172. The monoisotopic (exact) mass is 255 g/mol. The molecule has 0 aromatic heterocycles. The molecule has 1 fully saturated rings. The number of ether oxygens (including phenoxy) is 1. The van der Waals surface area contributed by atoms with Crippen LogP contribution < -0.4 is 5.73 Å². The molecule has 3 unspecified atom stereocenters. The van der Waals surface area contributed by atoms with E-state index >= 15 is 0 Å². The summed E-state index contributed by atoms with van der Waals surface area (Å²) in [6.07, 6.45) is 6.33. The van der Waals surface area contributed by atoms with E-state index in [4.69, 9.17) is 10.5 Å². The van der Waals surface area contributed by atoms with Gasteiger partial charge in [0.15, 0.2) is 0 Å². The van der Waals surface area contributed by atoms with Crippen molar-refractivity contribution in [3.63, 3.8) is 0 Å². The van der Waals surface area contributed by atoms with Gasteiger partial charge in [0.2, 0.25) is 0 Å². The van der Waals surface area contributed by atoms with Gasteiger partial charge in [0.05, 0.1) is 0 Å². The third kappa shape index (κ3) is 5.38. The van der Waals surface area contributed by atoms with Crippen molar-refractivity contribution in [2.24, 2.45) is 17.6 Å². The van der Waals surface area contributed by atoms with E-state index in [0.29, 0.717) is 12.3 Å². The molecule has 3 atom stereocenters. The minimum atomic E-state index is -0.390. The zero-order valence-corrected chi connectivity index (χ0v) is 12.4. The molecule has 1 saturated carbocycles. The van der Waals surface area contributed by atoms with Crippen molar-refractivity contribution in [1.29, 1.82) is 0 Å². The van der Waals surface area contributed by atoms with Gasteiger partial charge < -0.3 is 10.5 Å². The molecule has 1 rings (SSSR count). The van der Waals surface area contributed by atoms with E-state index in [-0.39, 0.29) is 12.0 Å². The highest BCUT2D eigenvalue weighted by Crippen LogP contribution is 2.33. The highest BCUT2D eigenvalue weighted by Gasteiger charge is 2.30. The number of carbonyl (C=O) groups is 1. The first-order valence-electron chi connectivity index (χ1n) is 7.29. The molecule has 3 nitrogen and oxygen atoms in total. The van der Waals surface area contributed by atoms with E-state index in [1.165, 1.54) is 19.3 Å². The lowest BCUT2D eigenvalue weighted by molar-refractivity contribution is -0.156. The topological polar surface area (TPSA) is 52.3 Å². The van der Waals surface area contributed by atoms with Crippen LogP contribution in [0.3, 0.4) is 0 Å². The number of esters is 1.